The van der Waals surface area contributed by atoms with Gasteiger partial charge in [0.15, 0.2) is 0 Å². The van der Waals surface area contributed by atoms with Gasteiger partial charge in [0.25, 0.3) is 5.91 Å². The zero-order valence-electron chi connectivity index (χ0n) is 18.9. The van der Waals surface area contributed by atoms with Crippen LogP contribution in [0.15, 0.2) is 66.0 Å². The van der Waals surface area contributed by atoms with Crippen molar-refractivity contribution in [3.63, 3.8) is 0 Å². The lowest BCUT2D eigenvalue weighted by Crippen LogP contribution is -2.48. The monoisotopic (exact) mass is 486 g/mol. The number of hydrazine groups is 1. The van der Waals surface area contributed by atoms with Crippen molar-refractivity contribution in [1.29, 1.82) is 0 Å². The molecular weight excluding hydrogens is 459 g/mol. The highest BCUT2D eigenvalue weighted by Crippen LogP contribution is 2.39. The van der Waals surface area contributed by atoms with Gasteiger partial charge in [-0.1, -0.05) is 30.3 Å². The molecule has 0 saturated heterocycles. The second kappa shape index (κ2) is 9.91. The van der Waals surface area contributed by atoms with E-state index in [-0.39, 0.29) is 6.16 Å². The van der Waals surface area contributed by atoms with E-state index in [0.29, 0.717) is 16.8 Å². The van der Waals surface area contributed by atoms with Gasteiger partial charge in [0.1, 0.15) is 5.60 Å². The van der Waals surface area contributed by atoms with Gasteiger partial charge in [-0.3, -0.25) is 9.36 Å². The van der Waals surface area contributed by atoms with Gasteiger partial charge in [-0.05, 0) is 67.6 Å². The summed E-state index contributed by atoms with van der Waals surface area (Å²) in [5.74, 6) is -0.473. The third kappa shape index (κ3) is 7.29. The molecule has 1 heterocycles. The molecule has 1 unspecified atom stereocenters. The largest absolute Gasteiger partial charge is 0.443 e. The summed E-state index contributed by atoms with van der Waals surface area (Å²) >= 11 is 1.57. The summed E-state index contributed by atoms with van der Waals surface area (Å²) in [5, 5.41) is 3.12. The van der Waals surface area contributed by atoms with Crippen LogP contribution in [-0.4, -0.2) is 29.2 Å². The third-order valence-corrected chi connectivity index (χ3v) is 6.26. The van der Waals surface area contributed by atoms with Gasteiger partial charge in [-0.2, -0.15) is 0 Å². The molecule has 2 aromatic carbocycles. The Morgan fingerprint density at radius 1 is 1.09 bits per heavy atom. The molecule has 0 aliphatic carbocycles. The number of anilines is 1. The van der Waals surface area contributed by atoms with Crippen molar-refractivity contribution < 1.29 is 23.8 Å². The number of carbonyl (C=O) groups is 2. The van der Waals surface area contributed by atoms with Gasteiger partial charge in [-0.15, -0.1) is 11.3 Å². The molecule has 2 amide bonds. The summed E-state index contributed by atoms with van der Waals surface area (Å²) in [4.78, 5) is 36.5. The molecule has 0 spiro atoms. The Morgan fingerprint density at radius 3 is 2.36 bits per heavy atom. The van der Waals surface area contributed by atoms with Crippen LogP contribution in [0.5, 0.6) is 0 Å². The van der Waals surface area contributed by atoms with Gasteiger partial charge in [0.05, 0.1) is 5.69 Å². The first-order chi connectivity index (χ1) is 15.4. The molecule has 3 aromatic rings. The van der Waals surface area contributed by atoms with E-state index < -0.39 is 25.0 Å². The molecule has 1 aromatic heterocycles. The maximum Gasteiger partial charge on any atom is 0.427 e. The summed E-state index contributed by atoms with van der Waals surface area (Å²) in [6, 6.07) is 17.6. The molecule has 33 heavy (non-hydrogen) atoms. The first-order valence-corrected chi connectivity index (χ1v) is 13.4. The summed E-state index contributed by atoms with van der Waals surface area (Å²) in [6.07, 6.45) is -0.745. The highest BCUT2D eigenvalue weighted by atomic mass is 32.1. The van der Waals surface area contributed by atoms with E-state index in [0.717, 1.165) is 15.4 Å². The van der Waals surface area contributed by atoms with Gasteiger partial charge in [0, 0.05) is 23.3 Å². The van der Waals surface area contributed by atoms with Gasteiger partial charge in [-0.25, -0.2) is 15.2 Å². The van der Waals surface area contributed by atoms with E-state index in [4.69, 9.17) is 4.74 Å². The number of thiophene rings is 1. The van der Waals surface area contributed by atoms with Crippen molar-refractivity contribution in [1.82, 2.24) is 5.43 Å². The molecule has 7 nitrogen and oxygen atoms in total. The molecule has 0 aliphatic heterocycles. The standard InChI is InChI=1S/C24H27N2O5PS/c1-24(2,3)31-23(28)25-26(20-8-5-7-19(15-20)21-9-6-14-33-21)22(27)18-12-10-17(11-13-18)16-32(4,29)30/h5-15H,16H2,1-4H3,(H,25,28)(H,29,30). The van der Waals surface area contributed by atoms with Crippen LogP contribution in [-0.2, 0) is 15.5 Å². The Hall–Kier alpha value is -2.93. The van der Waals surface area contributed by atoms with Gasteiger partial charge >= 0.3 is 6.09 Å². The van der Waals surface area contributed by atoms with Crippen LogP contribution < -0.4 is 10.4 Å². The lowest BCUT2D eigenvalue weighted by atomic mass is 10.1. The SMILES string of the molecule is CC(C)(C)OC(=O)NN(C(=O)c1ccc(CP(C)(=O)O)cc1)c1cccc(-c2cccs2)c1. The number of benzene rings is 2. The van der Waals surface area contributed by atoms with E-state index in [1.807, 2.05) is 35.7 Å². The summed E-state index contributed by atoms with van der Waals surface area (Å²) in [5.41, 5.74) is 4.14. The number of hydrogen-bond acceptors (Lipinski definition) is 5. The van der Waals surface area contributed by atoms with Crippen molar-refractivity contribution in [2.45, 2.75) is 32.5 Å². The fraction of sp³-hybridized carbons (Fsp3) is 0.250. The molecule has 174 valence electrons. The lowest BCUT2D eigenvalue weighted by Gasteiger charge is -2.26. The van der Waals surface area contributed by atoms with Gasteiger partial charge in [0.2, 0.25) is 7.37 Å². The predicted molar refractivity (Wildman–Crippen MR) is 132 cm³/mol. The molecule has 0 fully saturated rings. The van der Waals surface area contributed by atoms with Crippen molar-refractivity contribution in [2.75, 3.05) is 11.7 Å². The smallest absolute Gasteiger partial charge is 0.427 e. The Balaban J connectivity index is 1.93. The molecule has 0 saturated carbocycles. The number of nitrogens with one attached hydrogen (secondary N) is 1. The minimum Gasteiger partial charge on any atom is -0.443 e. The Kier molecular flexibility index (Phi) is 7.42. The molecule has 0 radical (unpaired) electrons. The molecule has 0 bridgehead atoms. The van der Waals surface area contributed by atoms with Crippen molar-refractivity contribution >= 4 is 36.4 Å². The van der Waals surface area contributed by atoms with Crippen LogP contribution in [0, 0.1) is 0 Å². The Labute approximate surface area is 197 Å². The number of carbonyl (C=O) groups excluding carboxylic acids is 2. The molecule has 1 atom stereocenters. The number of nitrogens with zero attached hydrogens (tertiary/aromatic N) is 1. The average molecular weight is 487 g/mol. The molecule has 9 heteroatoms. The molecule has 3 rings (SSSR count). The topological polar surface area (TPSA) is 95.9 Å². The number of amides is 2. The van der Waals surface area contributed by atoms with E-state index >= 15 is 0 Å². The van der Waals surface area contributed by atoms with Crippen molar-refractivity contribution in [3.05, 3.63) is 77.2 Å². The normalized spacial score (nSPS) is 13.1. The summed E-state index contributed by atoms with van der Waals surface area (Å²) < 4.78 is 17.0. The highest BCUT2D eigenvalue weighted by molar-refractivity contribution is 7.56. The zero-order valence-corrected chi connectivity index (χ0v) is 20.7. The van der Waals surface area contributed by atoms with Crippen molar-refractivity contribution in [3.8, 4) is 10.4 Å². The van der Waals surface area contributed by atoms with E-state index in [2.05, 4.69) is 5.43 Å². The quantitative estimate of drug-likeness (QED) is 0.346. The lowest BCUT2D eigenvalue weighted by molar-refractivity contribution is 0.0510. The maximum absolute atomic E-state index is 13.4. The highest BCUT2D eigenvalue weighted by Gasteiger charge is 2.24. The summed E-state index contributed by atoms with van der Waals surface area (Å²) in [6.45, 7) is 6.51. The van der Waals surface area contributed by atoms with Crippen LogP contribution in [0.4, 0.5) is 10.5 Å². The van der Waals surface area contributed by atoms with Crippen LogP contribution in [0.25, 0.3) is 10.4 Å². The third-order valence-electron chi connectivity index (χ3n) is 4.39. The van der Waals surface area contributed by atoms with E-state index in [9.17, 15) is 19.0 Å². The first kappa shape index (κ1) is 24.7. The fourth-order valence-corrected chi connectivity index (χ4v) is 4.70. The summed E-state index contributed by atoms with van der Waals surface area (Å²) in [7, 11) is -3.23. The Bertz CT molecular complexity index is 1160. The first-order valence-electron chi connectivity index (χ1n) is 10.3. The molecular formula is C24H27N2O5PS. The minimum absolute atomic E-state index is 0.0181. The second-order valence-corrected chi connectivity index (χ2v) is 12.1. The zero-order chi connectivity index (χ0) is 24.2. The van der Waals surface area contributed by atoms with Crippen LogP contribution in [0.1, 0.15) is 36.7 Å². The Morgan fingerprint density at radius 2 is 1.79 bits per heavy atom. The van der Waals surface area contributed by atoms with Crippen LogP contribution >= 0.6 is 18.7 Å². The molecule has 0 aliphatic rings. The second-order valence-electron chi connectivity index (χ2n) is 8.69. The number of hydrogen-bond donors (Lipinski definition) is 2. The van der Waals surface area contributed by atoms with Gasteiger partial charge < -0.3 is 9.63 Å². The van der Waals surface area contributed by atoms with Crippen molar-refractivity contribution in [2.24, 2.45) is 0 Å². The van der Waals surface area contributed by atoms with E-state index in [1.54, 1.807) is 62.4 Å². The average Bonchev–Trinajstić information content (AvgIpc) is 3.25. The molecule has 2 N–H and O–H groups in total. The maximum atomic E-state index is 13.4. The van der Waals surface area contributed by atoms with Crippen LogP contribution in [0.3, 0.4) is 0 Å². The fourth-order valence-electron chi connectivity index (χ4n) is 3.09. The van der Waals surface area contributed by atoms with Crippen LogP contribution in [0.2, 0.25) is 0 Å². The predicted octanol–water partition coefficient (Wildman–Crippen LogP) is 5.90. The minimum atomic E-state index is -3.23. The number of ether oxygens (including phenoxy) is 1. The van der Waals surface area contributed by atoms with E-state index in [1.165, 1.54) is 6.66 Å². The number of rotatable bonds is 5.